The SMILES string of the molecule is Cc1ccccc1-c1nn(-c2ccccc2)cc1CNC1CCCCNC1=O. The van der Waals surface area contributed by atoms with Crippen LogP contribution in [0.15, 0.2) is 60.8 Å². The van der Waals surface area contributed by atoms with E-state index in [1.165, 1.54) is 5.56 Å². The van der Waals surface area contributed by atoms with Crippen LogP contribution >= 0.6 is 0 Å². The summed E-state index contributed by atoms with van der Waals surface area (Å²) in [7, 11) is 0. The zero-order valence-electron chi connectivity index (χ0n) is 16.2. The summed E-state index contributed by atoms with van der Waals surface area (Å²) in [5.74, 6) is 0.102. The average molecular weight is 374 g/mol. The molecular weight excluding hydrogens is 348 g/mol. The van der Waals surface area contributed by atoms with Crippen LogP contribution in [-0.4, -0.2) is 28.3 Å². The van der Waals surface area contributed by atoms with Crippen molar-refractivity contribution >= 4 is 5.91 Å². The second kappa shape index (κ2) is 8.40. The maximum absolute atomic E-state index is 12.3. The number of nitrogens with one attached hydrogen (secondary N) is 2. The molecule has 4 rings (SSSR count). The summed E-state index contributed by atoms with van der Waals surface area (Å²) in [5.41, 5.74) is 5.39. The second-order valence-electron chi connectivity index (χ2n) is 7.32. The molecule has 0 spiro atoms. The van der Waals surface area contributed by atoms with Crippen LogP contribution < -0.4 is 10.6 Å². The first-order chi connectivity index (χ1) is 13.7. The smallest absolute Gasteiger partial charge is 0.237 e. The highest BCUT2D eigenvalue weighted by molar-refractivity contribution is 5.82. The molecule has 1 atom stereocenters. The van der Waals surface area contributed by atoms with Crippen LogP contribution in [0.1, 0.15) is 30.4 Å². The molecule has 1 aliphatic heterocycles. The second-order valence-corrected chi connectivity index (χ2v) is 7.32. The van der Waals surface area contributed by atoms with Crippen LogP contribution in [0, 0.1) is 6.92 Å². The Balaban J connectivity index is 1.65. The fraction of sp³-hybridized carbons (Fsp3) is 0.304. The molecule has 3 aromatic rings. The van der Waals surface area contributed by atoms with E-state index in [1.807, 2.05) is 47.1 Å². The molecule has 5 heteroatoms. The van der Waals surface area contributed by atoms with Crippen molar-refractivity contribution in [1.82, 2.24) is 20.4 Å². The van der Waals surface area contributed by atoms with Crippen LogP contribution in [-0.2, 0) is 11.3 Å². The largest absolute Gasteiger partial charge is 0.355 e. The minimum absolute atomic E-state index is 0.102. The van der Waals surface area contributed by atoms with Crippen molar-refractivity contribution in [3.05, 3.63) is 71.9 Å². The lowest BCUT2D eigenvalue weighted by atomic mass is 10.0. The topological polar surface area (TPSA) is 59.0 Å². The fourth-order valence-electron chi connectivity index (χ4n) is 3.68. The third-order valence-corrected chi connectivity index (χ3v) is 5.29. The van der Waals surface area contributed by atoms with Gasteiger partial charge in [-0.1, -0.05) is 42.5 Å². The van der Waals surface area contributed by atoms with Crippen molar-refractivity contribution in [1.29, 1.82) is 0 Å². The number of nitrogens with zero attached hydrogens (tertiary/aromatic N) is 2. The van der Waals surface area contributed by atoms with E-state index in [2.05, 4.69) is 35.9 Å². The van der Waals surface area contributed by atoms with Crippen LogP contribution in [0.5, 0.6) is 0 Å². The summed E-state index contributed by atoms with van der Waals surface area (Å²) in [5, 5.41) is 11.3. The zero-order valence-corrected chi connectivity index (χ0v) is 16.2. The minimum Gasteiger partial charge on any atom is -0.355 e. The normalized spacial score (nSPS) is 17.2. The molecule has 1 fully saturated rings. The highest BCUT2D eigenvalue weighted by Crippen LogP contribution is 2.26. The molecule has 144 valence electrons. The Kier molecular flexibility index (Phi) is 5.53. The maximum Gasteiger partial charge on any atom is 0.237 e. The summed E-state index contributed by atoms with van der Waals surface area (Å²) in [4.78, 5) is 12.3. The van der Waals surface area contributed by atoms with Crippen LogP contribution in [0.2, 0.25) is 0 Å². The molecule has 0 saturated carbocycles. The van der Waals surface area contributed by atoms with Crippen LogP contribution in [0.3, 0.4) is 0 Å². The van der Waals surface area contributed by atoms with E-state index in [0.29, 0.717) is 6.54 Å². The first-order valence-electron chi connectivity index (χ1n) is 9.93. The van der Waals surface area contributed by atoms with Gasteiger partial charge in [-0.2, -0.15) is 5.10 Å². The van der Waals surface area contributed by atoms with Crippen molar-refractivity contribution in [2.45, 2.75) is 38.8 Å². The van der Waals surface area contributed by atoms with Gasteiger partial charge in [0.15, 0.2) is 0 Å². The van der Waals surface area contributed by atoms with Gasteiger partial charge in [0.25, 0.3) is 0 Å². The van der Waals surface area contributed by atoms with E-state index in [4.69, 9.17) is 5.10 Å². The van der Waals surface area contributed by atoms with Gasteiger partial charge in [-0.25, -0.2) is 4.68 Å². The quantitative estimate of drug-likeness (QED) is 0.717. The van der Waals surface area contributed by atoms with Gasteiger partial charge < -0.3 is 10.6 Å². The molecule has 1 aromatic heterocycles. The van der Waals surface area contributed by atoms with E-state index in [1.54, 1.807) is 0 Å². The van der Waals surface area contributed by atoms with E-state index < -0.39 is 0 Å². The van der Waals surface area contributed by atoms with E-state index in [-0.39, 0.29) is 11.9 Å². The summed E-state index contributed by atoms with van der Waals surface area (Å²) in [6, 6.07) is 18.3. The molecule has 1 amide bonds. The van der Waals surface area contributed by atoms with Crippen LogP contribution in [0.4, 0.5) is 0 Å². The number of aryl methyl sites for hydroxylation is 1. The first kappa shape index (κ1) is 18.4. The van der Waals surface area contributed by atoms with Gasteiger partial charge in [0, 0.05) is 30.4 Å². The molecule has 2 N–H and O–H groups in total. The summed E-state index contributed by atoms with van der Waals surface area (Å²) in [6.45, 7) is 3.48. The Bertz CT molecular complexity index is 948. The Morgan fingerprint density at radius 1 is 1.11 bits per heavy atom. The van der Waals surface area contributed by atoms with Gasteiger partial charge >= 0.3 is 0 Å². The number of hydrogen-bond acceptors (Lipinski definition) is 3. The number of benzene rings is 2. The van der Waals surface area contributed by atoms with Crippen molar-refractivity contribution in [3.63, 3.8) is 0 Å². The average Bonchev–Trinajstić information content (AvgIpc) is 3.03. The van der Waals surface area contributed by atoms with E-state index in [9.17, 15) is 4.79 Å². The molecular formula is C23H26N4O. The third-order valence-electron chi connectivity index (χ3n) is 5.29. The number of aromatic nitrogens is 2. The Morgan fingerprint density at radius 2 is 1.89 bits per heavy atom. The molecule has 28 heavy (non-hydrogen) atoms. The number of amides is 1. The van der Waals surface area contributed by atoms with Crippen molar-refractivity contribution in [2.75, 3.05) is 6.54 Å². The summed E-state index contributed by atoms with van der Waals surface area (Å²) >= 11 is 0. The molecule has 0 bridgehead atoms. The molecule has 0 radical (unpaired) electrons. The van der Waals surface area contributed by atoms with Gasteiger partial charge in [0.2, 0.25) is 5.91 Å². The molecule has 1 unspecified atom stereocenters. The third kappa shape index (κ3) is 3.99. The van der Waals surface area contributed by atoms with Crippen molar-refractivity contribution in [3.8, 4) is 16.9 Å². The van der Waals surface area contributed by atoms with Gasteiger partial charge in [-0.3, -0.25) is 4.79 Å². The van der Waals surface area contributed by atoms with E-state index in [0.717, 1.165) is 48.3 Å². The summed E-state index contributed by atoms with van der Waals surface area (Å²) in [6.07, 6.45) is 5.05. The van der Waals surface area contributed by atoms with Gasteiger partial charge in [0.1, 0.15) is 0 Å². The lowest BCUT2D eigenvalue weighted by Gasteiger charge is -2.15. The predicted molar refractivity (Wildman–Crippen MR) is 111 cm³/mol. The lowest BCUT2D eigenvalue weighted by Crippen LogP contribution is -2.42. The number of rotatable bonds is 5. The highest BCUT2D eigenvalue weighted by Gasteiger charge is 2.21. The maximum atomic E-state index is 12.3. The zero-order chi connectivity index (χ0) is 19.3. The van der Waals surface area contributed by atoms with Crippen molar-refractivity contribution in [2.24, 2.45) is 0 Å². The molecule has 2 heterocycles. The standard InChI is InChI=1S/C23H26N4O/c1-17-9-5-6-12-20(17)22-18(15-25-21-13-7-8-14-24-23(21)28)16-27(26-22)19-10-3-2-4-11-19/h2-6,9-12,16,21,25H,7-8,13-15H2,1H3,(H,24,28). The Hall–Kier alpha value is -2.92. The molecule has 1 aliphatic rings. The fourth-order valence-corrected chi connectivity index (χ4v) is 3.68. The number of hydrogen-bond donors (Lipinski definition) is 2. The van der Waals surface area contributed by atoms with Gasteiger partial charge in [-0.15, -0.1) is 0 Å². The number of carbonyl (C=O) groups is 1. The summed E-state index contributed by atoms with van der Waals surface area (Å²) < 4.78 is 1.92. The highest BCUT2D eigenvalue weighted by atomic mass is 16.2. The number of para-hydroxylation sites is 1. The minimum atomic E-state index is -0.146. The lowest BCUT2D eigenvalue weighted by molar-refractivity contribution is -0.122. The van der Waals surface area contributed by atoms with E-state index >= 15 is 0 Å². The number of carbonyl (C=O) groups excluding carboxylic acids is 1. The predicted octanol–water partition coefficient (Wildman–Crippen LogP) is 3.61. The van der Waals surface area contributed by atoms with Crippen LogP contribution in [0.25, 0.3) is 16.9 Å². The van der Waals surface area contributed by atoms with Gasteiger partial charge in [-0.05, 0) is 43.9 Å². The van der Waals surface area contributed by atoms with Gasteiger partial charge in [0.05, 0.1) is 17.4 Å². The molecule has 1 saturated heterocycles. The Morgan fingerprint density at radius 3 is 2.71 bits per heavy atom. The molecule has 0 aliphatic carbocycles. The first-order valence-corrected chi connectivity index (χ1v) is 9.93. The monoisotopic (exact) mass is 374 g/mol. The molecule has 5 nitrogen and oxygen atoms in total. The Labute approximate surface area is 165 Å². The molecule has 2 aromatic carbocycles. The van der Waals surface area contributed by atoms with Crippen molar-refractivity contribution < 1.29 is 4.79 Å².